The fourth-order valence-corrected chi connectivity index (χ4v) is 2.71. The van der Waals surface area contributed by atoms with Gasteiger partial charge in [0.05, 0.1) is 5.70 Å². The van der Waals surface area contributed by atoms with Crippen molar-refractivity contribution < 1.29 is 4.79 Å². The van der Waals surface area contributed by atoms with E-state index < -0.39 is 0 Å². The number of amides is 1. The van der Waals surface area contributed by atoms with Crippen LogP contribution in [0.5, 0.6) is 0 Å². The summed E-state index contributed by atoms with van der Waals surface area (Å²) in [6.07, 6.45) is 14.5. The van der Waals surface area contributed by atoms with Crippen molar-refractivity contribution in [3.05, 3.63) is 60.2 Å². The van der Waals surface area contributed by atoms with Gasteiger partial charge in [-0.15, -0.1) is 0 Å². The molecule has 5 nitrogen and oxygen atoms in total. The second-order valence-electron chi connectivity index (χ2n) is 6.23. The Morgan fingerprint density at radius 1 is 1.52 bits per heavy atom. The van der Waals surface area contributed by atoms with E-state index in [9.17, 15) is 4.79 Å². The first-order chi connectivity index (χ1) is 12.2. The number of hydrogen-bond donors (Lipinski definition) is 2. The zero-order chi connectivity index (χ0) is 17.9. The topological polar surface area (TPSA) is 57.3 Å². The summed E-state index contributed by atoms with van der Waals surface area (Å²) in [5.74, 6) is 0.785. The van der Waals surface area contributed by atoms with E-state index in [1.165, 1.54) is 31.3 Å². The molecule has 5 heteroatoms. The molecule has 2 N–H and O–H groups in total. The third-order valence-electron chi connectivity index (χ3n) is 4.03. The second kappa shape index (κ2) is 10.3. The fraction of sp³-hybridized carbons (Fsp3) is 0.400. The van der Waals surface area contributed by atoms with Crippen LogP contribution in [0, 0.1) is 5.92 Å². The lowest BCUT2D eigenvalue weighted by Crippen LogP contribution is -2.23. The van der Waals surface area contributed by atoms with Gasteiger partial charge in [-0.25, -0.2) is 0 Å². The smallest absolute Gasteiger partial charge is 0.243 e. The molecule has 1 aromatic rings. The van der Waals surface area contributed by atoms with Gasteiger partial charge in [0.1, 0.15) is 0 Å². The number of nitrogens with zero attached hydrogens (tertiary/aromatic N) is 2. The van der Waals surface area contributed by atoms with Crippen molar-refractivity contribution in [2.45, 2.75) is 20.3 Å². The van der Waals surface area contributed by atoms with Gasteiger partial charge in [0, 0.05) is 50.8 Å². The van der Waals surface area contributed by atoms with Crippen molar-refractivity contribution in [3.8, 4) is 0 Å². The Bertz CT molecular complexity index is 622. The lowest BCUT2D eigenvalue weighted by molar-refractivity contribution is -0.116. The average Bonchev–Trinajstić information content (AvgIpc) is 3.09. The number of nitrogens with one attached hydrogen (secondary N) is 2. The lowest BCUT2D eigenvalue weighted by atomic mass is 10.2. The maximum atomic E-state index is 11.0. The van der Waals surface area contributed by atoms with Crippen LogP contribution in [0.1, 0.15) is 25.8 Å². The number of carbonyl (C=O) groups is 1. The molecule has 1 saturated heterocycles. The Morgan fingerprint density at radius 3 is 3.00 bits per heavy atom. The largest absolute Gasteiger partial charge is 0.386 e. The quantitative estimate of drug-likeness (QED) is 0.827. The summed E-state index contributed by atoms with van der Waals surface area (Å²) in [6, 6.07) is 3.72. The van der Waals surface area contributed by atoms with Crippen LogP contribution >= 0.6 is 0 Å². The van der Waals surface area contributed by atoms with Gasteiger partial charge in [-0.05, 0) is 43.0 Å². The molecule has 2 aliphatic heterocycles. The van der Waals surface area contributed by atoms with Crippen molar-refractivity contribution in [1.29, 1.82) is 0 Å². The van der Waals surface area contributed by atoms with Crippen LogP contribution in [0.15, 0.2) is 54.7 Å². The van der Waals surface area contributed by atoms with Crippen LogP contribution in [0.3, 0.4) is 0 Å². The first kappa shape index (κ1) is 18.8. The average molecular weight is 340 g/mol. The number of allylic oxidation sites excluding steroid dienone is 1. The van der Waals surface area contributed by atoms with Gasteiger partial charge >= 0.3 is 0 Å². The van der Waals surface area contributed by atoms with Crippen molar-refractivity contribution in [3.63, 3.8) is 0 Å². The summed E-state index contributed by atoms with van der Waals surface area (Å²) in [5.41, 5.74) is 2.28. The van der Waals surface area contributed by atoms with Crippen molar-refractivity contribution in [2.24, 2.45) is 5.92 Å². The first-order valence-electron chi connectivity index (χ1n) is 8.90. The van der Waals surface area contributed by atoms with Crippen molar-refractivity contribution in [2.75, 3.05) is 26.2 Å². The number of dihydropyridines is 1. The number of likely N-dealkylation sites (tertiary alicyclic amines) is 1. The van der Waals surface area contributed by atoms with Gasteiger partial charge in [-0.1, -0.05) is 19.1 Å². The Hall–Kier alpha value is -2.56. The van der Waals surface area contributed by atoms with Crippen LogP contribution in [0.2, 0.25) is 0 Å². The number of rotatable bonds is 4. The number of likely N-dealkylation sites (N-methyl/N-ethyl adjacent to an activating group) is 1. The van der Waals surface area contributed by atoms with Gasteiger partial charge in [-0.2, -0.15) is 0 Å². The minimum Gasteiger partial charge on any atom is -0.386 e. The third-order valence-corrected chi connectivity index (χ3v) is 4.03. The SMILES string of the molecule is CC1CCN(C2=CNCC=C2)C1.CCNC(=O)/C=C/c1cccnc1. The van der Waals surface area contributed by atoms with E-state index in [1.807, 2.05) is 19.1 Å². The summed E-state index contributed by atoms with van der Waals surface area (Å²) < 4.78 is 0. The Balaban J connectivity index is 0.000000181. The molecule has 0 bridgehead atoms. The second-order valence-corrected chi connectivity index (χ2v) is 6.23. The van der Waals surface area contributed by atoms with Crippen molar-refractivity contribution in [1.82, 2.24) is 20.5 Å². The highest BCUT2D eigenvalue weighted by atomic mass is 16.1. The number of carbonyl (C=O) groups excluding carboxylic acids is 1. The van der Waals surface area contributed by atoms with E-state index in [-0.39, 0.29) is 5.91 Å². The van der Waals surface area contributed by atoms with Gasteiger partial charge in [-0.3, -0.25) is 9.78 Å². The standard InChI is InChI=1S/C10H12N2O.C10H16N2/c1-2-12-10(13)6-5-9-4-3-7-11-8-9;1-9-4-6-12(8-9)10-3-2-5-11-7-10/h3-8H,2H2,1H3,(H,12,13);2-3,7,9,11H,4-6,8H2,1H3/b6-5+;. The summed E-state index contributed by atoms with van der Waals surface area (Å²) in [6.45, 7) is 8.27. The minimum absolute atomic E-state index is 0.0775. The zero-order valence-electron chi connectivity index (χ0n) is 15.1. The first-order valence-corrected chi connectivity index (χ1v) is 8.90. The monoisotopic (exact) mass is 340 g/mol. The molecular formula is C20H28N4O. The predicted molar refractivity (Wildman–Crippen MR) is 103 cm³/mol. The Labute approximate surface area is 150 Å². The van der Waals surface area contributed by atoms with Crippen LogP contribution in [-0.2, 0) is 4.79 Å². The lowest BCUT2D eigenvalue weighted by Gasteiger charge is -2.21. The summed E-state index contributed by atoms with van der Waals surface area (Å²) in [4.78, 5) is 17.4. The van der Waals surface area contributed by atoms with Gasteiger partial charge in [0.25, 0.3) is 0 Å². The molecule has 0 aromatic carbocycles. The highest BCUT2D eigenvalue weighted by Crippen LogP contribution is 2.20. The van der Waals surface area contributed by atoms with E-state index >= 15 is 0 Å². The van der Waals surface area contributed by atoms with Crippen LogP contribution in [-0.4, -0.2) is 42.0 Å². The molecule has 0 saturated carbocycles. The van der Waals surface area contributed by atoms with E-state index in [0.29, 0.717) is 6.54 Å². The summed E-state index contributed by atoms with van der Waals surface area (Å²) in [7, 11) is 0. The molecule has 25 heavy (non-hydrogen) atoms. The Morgan fingerprint density at radius 2 is 2.40 bits per heavy atom. The van der Waals surface area contributed by atoms with E-state index in [0.717, 1.165) is 18.0 Å². The minimum atomic E-state index is -0.0775. The zero-order valence-corrected chi connectivity index (χ0v) is 15.1. The highest BCUT2D eigenvalue weighted by molar-refractivity contribution is 5.91. The van der Waals surface area contributed by atoms with Crippen LogP contribution in [0.25, 0.3) is 6.08 Å². The maximum Gasteiger partial charge on any atom is 0.243 e. The number of pyridine rings is 1. The molecule has 0 radical (unpaired) electrons. The van der Waals surface area contributed by atoms with Crippen LogP contribution < -0.4 is 10.6 Å². The van der Waals surface area contributed by atoms with Gasteiger partial charge in [0.15, 0.2) is 0 Å². The predicted octanol–water partition coefficient (Wildman–Crippen LogP) is 2.56. The summed E-state index contributed by atoms with van der Waals surface area (Å²) in [5, 5.41) is 5.91. The molecule has 134 valence electrons. The normalized spacial score (nSPS) is 19.0. The molecular weight excluding hydrogens is 312 g/mol. The molecule has 1 amide bonds. The molecule has 1 aromatic heterocycles. The molecule has 0 spiro atoms. The van der Waals surface area contributed by atoms with Gasteiger partial charge < -0.3 is 15.5 Å². The van der Waals surface area contributed by atoms with Crippen LogP contribution in [0.4, 0.5) is 0 Å². The summed E-state index contributed by atoms with van der Waals surface area (Å²) >= 11 is 0. The van der Waals surface area contributed by atoms with Gasteiger partial charge in [0.2, 0.25) is 5.91 Å². The van der Waals surface area contributed by atoms with E-state index in [4.69, 9.17) is 0 Å². The number of aromatic nitrogens is 1. The molecule has 1 unspecified atom stereocenters. The molecule has 3 heterocycles. The molecule has 1 atom stereocenters. The van der Waals surface area contributed by atoms with E-state index in [1.54, 1.807) is 18.5 Å². The molecule has 2 aliphatic rings. The highest BCUT2D eigenvalue weighted by Gasteiger charge is 2.19. The molecule has 0 aliphatic carbocycles. The van der Waals surface area contributed by atoms with Crippen molar-refractivity contribution >= 4 is 12.0 Å². The Kier molecular flexibility index (Phi) is 7.76. The fourth-order valence-electron chi connectivity index (χ4n) is 2.71. The maximum absolute atomic E-state index is 11.0. The molecule has 1 fully saturated rings. The number of hydrogen-bond acceptors (Lipinski definition) is 4. The molecule has 3 rings (SSSR count). The third kappa shape index (κ3) is 6.83. The van der Waals surface area contributed by atoms with E-state index in [2.05, 4.69) is 45.8 Å².